The second-order valence-electron chi connectivity index (χ2n) is 5.89. The van der Waals surface area contributed by atoms with Gasteiger partial charge in [0.25, 0.3) is 0 Å². The summed E-state index contributed by atoms with van der Waals surface area (Å²) in [6.45, 7) is 2.15. The van der Waals surface area contributed by atoms with Crippen LogP contribution in [0.4, 0.5) is 0 Å². The van der Waals surface area contributed by atoms with Crippen LogP contribution in [-0.2, 0) is 0 Å². The second kappa shape index (κ2) is 4.84. The number of hydrogen-bond donors (Lipinski definition) is 0. The van der Waals surface area contributed by atoms with E-state index in [9.17, 15) is 0 Å². The Hall–Kier alpha value is -1.81. The smallest absolute Gasteiger partial charge is 0.0998 e. The third-order valence-electron chi connectivity index (χ3n) is 4.34. The molecule has 0 bridgehead atoms. The van der Waals surface area contributed by atoms with E-state index in [0.29, 0.717) is 0 Å². The molecule has 0 atom stereocenters. The van der Waals surface area contributed by atoms with Crippen molar-refractivity contribution in [2.24, 2.45) is 0 Å². The Balaban J connectivity index is 2.08. The zero-order valence-electron chi connectivity index (χ0n) is 12.4. The first-order chi connectivity index (χ1) is 11.2. The normalized spacial score (nSPS) is 11.9. The van der Waals surface area contributed by atoms with Gasteiger partial charge >= 0.3 is 0 Å². The van der Waals surface area contributed by atoms with Gasteiger partial charge in [-0.15, -0.1) is 22.7 Å². The van der Waals surface area contributed by atoms with Crippen LogP contribution < -0.4 is 0 Å². The molecule has 0 radical (unpaired) electrons. The maximum atomic E-state index is 5.74. The number of rotatable bonds is 0. The summed E-state index contributed by atoms with van der Waals surface area (Å²) >= 11 is 9.34. The van der Waals surface area contributed by atoms with Crippen molar-refractivity contribution in [2.75, 3.05) is 0 Å². The van der Waals surface area contributed by atoms with E-state index >= 15 is 0 Å². The quantitative estimate of drug-likeness (QED) is 0.262. The predicted molar refractivity (Wildman–Crippen MR) is 108 cm³/mol. The minimum atomic E-state index is 0.998. The van der Waals surface area contributed by atoms with Crippen LogP contribution in [0.5, 0.6) is 0 Å². The Labute approximate surface area is 146 Å². The molecular formula is C20H12S3. The molecule has 0 unspecified atom stereocenters. The first kappa shape index (κ1) is 13.6. The fourth-order valence-corrected chi connectivity index (χ4v) is 6.10. The Bertz CT molecular complexity index is 1290. The number of hydrogen-bond acceptors (Lipinski definition) is 3. The van der Waals surface area contributed by atoms with Crippen LogP contribution in [0.1, 0.15) is 5.56 Å². The second-order valence-corrected chi connectivity index (χ2v) is 8.66. The maximum absolute atomic E-state index is 5.74. The Morgan fingerprint density at radius 3 is 2.39 bits per heavy atom. The van der Waals surface area contributed by atoms with Crippen molar-refractivity contribution in [3.8, 4) is 0 Å². The monoisotopic (exact) mass is 348 g/mol. The zero-order valence-corrected chi connectivity index (χ0v) is 14.9. The number of fused-ring (bicyclic) bond motifs is 6. The van der Waals surface area contributed by atoms with Gasteiger partial charge in [-0.05, 0) is 42.0 Å². The molecule has 3 heteroatoms. The van der Waals surface area contributed by atoms with E-state index in [2.05, 4.69) is 61.5 Å². The molecule has 0 saturated heterocycles. The van der Waals surface area contributed by atoms with E-state index in [0.717, 1.165) is 3.82 Å². The van der Waals surface area contributed by atoms with Crippen LogP contribution in [0.2, 0.25) is 0 Å². The van der Waals surface area contributed by atoms with Gasteiger partial charge in [0, 0.05) is 30.3 Å². The summed E-state index contributed by atoms with van der Waals surface area (Å²) in [7, 11) is 0. The van der Waals surface area contributed by atoms with Crippen molar-refractivity contribution < 1.29 is 0 Å². The first-order valence-electron chi connectivity index (χ1n) is 7.49. The van der Waals surface area contributed by atoms with Crippen molar-refractivity contribution >= 4 is 75.9 Å². The van der Waals surface area contributed by atoms with Gasteiger partial charge in [-0.25, -0.2) is 0 Å². The van der Waals surface area contributed by atoms with Gasteiger partial charge in [0.2, 0.25) is 0 Å². The van der Waals surface area contributed by atoms with Crippen LogP contribution in [0.15, 0.2) is 54.6 Å². The Morgan fingerprint density at radius 2 is 1.57 bits per heavy atom. The summed E-state index contributed by atoms with van der Waals surface area (Å²) in [5.41, 5.74) is 1.30. The van der Waals surface area contributed by atoms with E-state index in [1.54, 1.807) is 11.3 Å². The fraction of sp³-hybridized carbons (Fsp3) is 0.0500. The van der Waals surface area contributed by atoms with Crippen LogP contribution >= 0.6 is 34.9 Å². The molecule has 0 saturated carbocycles. The summed E-state index contributed by atoms with van der Waals surface area (Å²) in [4.78, 5) is 0. The van der Waals surface area contributed by atoms with Crippen molar-refractivity contribution in [3.05, 3.63) is 64.0 Å². The topological polar surface area (TPSA) is 0 Å². The molecule has 0 N–H and O–H groups in total. The summed E-state index contributed by atoms with van der Waals surface area (Å²) in [5, 5.41) is 6.47. The number of thiophene rings is 1. The summed E-state index contributed by atoms with van der Waals surface area (Å²) < 4.78 is 4.94. The fourth-order valence-electron chi connectivity index (χ4n) is 3.24. The van der Waals surface area contributed by atoms with E-state index < -0.39 is 0 Å². The molecule has 3 aromatic carbocycles. The highest BCUT2D eigenvalue weighted by molar-refractivity contribution is 7.74. The summed E-state index contributed by atoms with van der Waals surface area (Å²) in [6, 6.07) is 19.8. The van der Waals surface area contributed by atoms with Crippen molar-refractivity contribution in [1.82, 2.24) is 0 Å². The van der Waals surface area contributed by atoms with Gasteiger partial charge in [0.15, 0.2) is 0 Å². The minimum absolute atomic E-state index is 0.998. The molecule has 0 amide bonds. The highest BCUT2D eigenvalue weighted by Crippen LogP contribution is 2.42. The molecule has 0 aliphatic carbocycles. The van der Waals surface area contributed by atoms with E-state index in [4.69, 9.17) is 12.2 Å². The lowest BCUT2D eigenvalue weighted by Crippen LogP contribution is -1.75. The Kier molecular flexibility index (Phi) is 2.87. The van der Waals surface area contributed by atoms with Gasteiger partial charge in [-0.2, -0.15) is 0 Å². The third-order valence-corrected chi connectivity index (χ3v) is 6.95. The van der Waals surface area contributed by atoms with Gasteiger partial charge in [-0.1, -0.05) is 48.1 Å². The zero-order chi connectivity index (χ0) is 15.6. The molecule has 0 nitrogen and oxygen atoms in total. The predicted octanol–water partition coefficient (Wildman–Crippen LogP) is 7.46. The van der Waals surface area contributed by atoms with Crippen LogP contribution in [-0.4, -0.2) is 0 Å². The highest BCUT2D eigenvalue weighted by Gasteiger charge is 2.12. The van der Waals surface area contributed by atoms with Crippen molar-refractivity contribution in [2.45, 2.75) is 6.92 Å². The van der Waals surface area contributed by atoms with Crippen LogP contribution in [0, 0.1) is 10.7 Å². The van der Waals surface area contributed by atoms with Crippen LogP contribution in [0.3, 0.4) is 0 Å². The third kappa shape index (κ3) is 1.97. The van der Waals surface area contributed by atoms with Gasteiger partial charge in [-0.3, -0.25) is 0 Å². The molecule has 5 aromatic rings. The highest BCUT2D eigenvalue weighted by atomic mass is 32.1. The first-order valence-corrected chi connectivity index (χ1v) is 9.53. The summed E-state index contributed by atoms with van der Waals surface area (Å²) in [5.74, 6) is 0. The molecular weight excluding hydrogens is 336 g/mol. The molecule has 2 aromatic heterocycles. The van der Waals surface area contributed by atoms with Crippen LogP contribution in [0.25, 0.3) is 41.0 Å². The average Bonchev–Trinajstić information content (AvgIpc) is 2.92. The maximum Gasteiger partial charge on any atom is 0.0998 e. The molecule has 0 spiro atoms. The number of aryl methyl sites for hydroxylation is 1. The van der Waals surface area contributed by atoms with Crippen molar-refractivity contribution in [3.63, 3.8) is 0 Å². The molecule has 23 heavy (non-hydrogen) atoms. The number of benzene rings is 3. The standard InChI is InChI=1S/C20H12S3/c1-11-6-7-16-15(8-11)19-18(20(21)23-16)14-9-12-4-2-3-5-13(12)10-17(14)22-19/h2-10H,1H3. The molecule has 0 aliphatic rings. The SMILES string of the molecule is Cc1ccc2sc(=S)c3c4cc5ccccc5cc4sc3c2c1. The van der Waals surface area contributed by atoms with E-state index in [1.807, 2.05) is 11.3 Å². The lowest BCUT2D eigenvalue weighted by molar-refractivity contribution is 1.52. The van der Waals surface area contributed by atoms with E-state index in [-0.39, 0.29) is 0 Å². The molecule has 2 heterocycles. The average molecular weight is 349 g/mol. The Morgan fingerprint density at radius 1 is 0.783 bits per heavy atom. The van der Waals surface area contributed by atoms with Gasteiger partial charge < -0.3 is 0 Å². The molecule has 110 valence electrons. The summed E-state index contributed by atoms with van der Waals surface area (Å²) in [6.07, 6.45) is 0. The lowest BCUT2D eigenvalue weighted by atomic mass is 10.1. The van der Waals surface area contributed by atoms with Crippen molar-refractivity contribution in [1.29, 1.82) is 0 Å². The van der Waals surface area contributed by atoms with Gasteiger partial charge in [0.1, 0.15) is 0 Å². The largest absolute Gasteiger partial charge is 0.134 e. The lowest BCUT2D eigenvalue weighted by Gasteiger charge is -2.01. The molecule has 0 fully saturated rings. The molecule has 0 aliphatic heterocycles. The molecule has 5 rings (SSSR count). The van der Waals surface area contributed by atoms with E-state index in [1.165, 1.54) is 46.6 Å². The van der Waals surface area contributed by atoms with Gasteiger partial charge in [0.05, 0.1) is 3.82 Å². The minimum Gasteiger partial charge on any atom is -0.134 e.